The Morgan fingerprint density at radius 2 is 1.71 bits per heavy atom. The molecule has 2 N–H and O–H groups in total. The Balaban J connectivity index is 2.32. The van der Waals surface area contributed by atoms with Crippen LogP contribution in [0, 0.1) is 6.92 Å². The summed E-state index contributed by atoms with van der Waals surface area (Å²) in [6.07, 6.45) is 0. The molecule has 1 fully saturated rings. The molecule has 0 amide bonds. The monoisotopic (exact) mass is 250 g/mol. The van der Waals surface area contributed by atoms with E-state index in [1.54, 1.807) is 6.92 Å². The molecule has 0 radical (unpaired) electrons. The van der Waals surface area contributed by atoms with Crippen LogP contribution in [0.15, 0.2) is 6.07 Å². The maximum atomic E-state index is 13.0. The number of alkyl halides is 4. The summed E-state index contributed by atoms with van der Waals surface area (Å²) >= 11 is 0. The molecular formula is C9H10F4N4. The number of nitrogen functional groups attached to an aromatic ring is 1. The molecule has 1 aromatic heterocycles. The Morgan fingerprint density at radius 1 is 1.18 bits per heavy atom. The summed E-state index contributed by atoms with van der Waals surface area (Å²) in [5.74, 6) is -8.28. The number of hydrogen-bond donors (Lipinski definition) is 1. The van der Waals surface area contributed by atoms with Crippen LogP contribution in [0.1, 0.15) is 5.69 Å². The van der Waals surface area contributed by atoms with Crippen LogP contribution in [0.25, 0.3) is 0 Å². The lowest BCUT2D eigenvalue weighted by Gasteiger charge is -2.15. The van der Waals surface area contributed by atoms with Crippen molar-refractivity contribution >= 4 is 11.8 Å². The van der Waals surface area contributed by atoms with Crippen molar-refractivity contribution < 1.29 is 17.6 Å². The van der Waals surface area contributed by atoms with E-state index in [0.717, 1.165) is 4.90 Å². The first kappa shape index (κ1) is 11.9. The zero-order valence-electron chi connectivity index (χ0n) is 8.92. The number of halogens is 4. The van der Waals surface area contributed by atoms with Gasteiger partial charge in [0.25, 0.3) is 0 Å². The summed E-state index contributed by atoms with van der Waals surface area (Å²) in [6, 6.07) is 1.43. The highest BCUT2D eigenvalue weighted by atomic mass is 19.3. The van der Waals surface area contributed by atoms with Crippen molar-refractivity contribution in [3.8, 4) is 0 Å². The van der Waals surface area contributed by atoms with Crippen LogP contribution in [0.2, 0.25) is 0 Å². The van der Waals surface area contributed by atoms with Crippen LogP contribution in [-0.4, -0.2) is 34.9 Å². The first-order valence-electron chi connectivity index (χ1n) is 4.83. The molecule has 2 rings (SSSR count). The van der Waals surface area contributed by atoms with Crippen LogP contribution < -0.4 is 10.6 Å². The van der Waals surface area contributed by atoms with Crippen molar-refractivity contribution in [1.82, 2.24) is 9.97 Å². The first-order chi connectivity index (χ1) is 7.71. The number of rotatable bonds is 1. The standard InChI is InChI=1S/C9H10F4N4/c1-5-2-6(14)16-7(15-5)17-3-8(10,11)9(12,13)4-17/h2H,3-4H2,1H3,(H2,14,15,16). The van der Waals surface area contributed by atoms with Gasteiger partial charge in [-0.3, -0.25) is 0 Å². The third-order valence-corrected chi connectivity index (χ3v) is 2.46. The second-order valence-corrected chi connectivity index (χ2v) is 4.00. The quantitative estimate of drug-likeness (QED) is 0.766. The number of aryl methyl sites for hydroxylation is 1. The first-order valence-corrected chi connectivity index (χ1v) is 4.83. The highest BCUT2D eigenvalue weighted by molar-refractivity contribution is 5.42. The van der Waals surface area contributed by atoms with Crippen LogP contribution in [0.5, 0.6) is 0 Å². The number of nitrogens with zero attached hydrogens (tertiary/aromatic N) is 3. The van der Waals surface area contributed by atoms with Crippen molar-refractivity contribution in [2.75, 3.05) is 23.7 Å². The average molecular weight is 250 g/mol. The van der Waals surface area contributed by atoms with Gasteiger partial charge in [-0.1, -0.05) is 0 Å². The lowest BCUT2D eigenvalue weighted by Crippen LogP contribution is -2.38. The smallest absolute Gasteiger partial charge is 0.329 e. The molecule has 1 aromatic rings. The van der Waals surface area contributed by atoms with Crippen LogP contribution >= 0.6 is 0 Å². The zero-order chi connectivity index (χ0) is 12.8. The second kappa shape index (κ2) is 3.44. The van der Waals surface area contributed by atoms with Crippen molar-refractivity contribution in [1.29, 1.82) is 0 Å². The van der Waals surface area contributed by atoms with Gasteiger partial charge in [0.1, 0.15) is 5.82 Å². The summed E-state index contributed by atoms with van der Waals surface area (Å²) in [5.41, 5.74) is 5.85. The van der Waals surface area contributed by atoms with E-state index in [1.807, 2.05) is 0 Å². The molecule has 0 unspecified atom stereocenters. The van der Waals surface area contributed by atoms with E-state index in [1.165, 1.54) is 6.07 Å². The fourth-order valence-corrected chi connectivity index (χ4v) is 1.63. The van der Waals surface area contributed by atoms with E-state index < -0.39 is 24.9 Å². The van der Waals surface area contributed by atoms with Gasteiger partial charge in [-0.05, 0) is 6.92 Å². The minimum Gasteiger partial charge on any atom is -0.384 e. The Hall–Kier alpha value is -1.60. The predicted octanol–water partition coefficient (Wildman–Crippen LogP) is 1.46. The normalized spacial score (nSPS) is 21.8. The highest BCUT2D eigenvalue weighted by Gasteiger charge is 2.63. The summed E-state index contributed by atoms with van der Waals surface area (Å²) in [5, 5.41) is 0. The van der Waals surface area contributed by atoms with Gasteiger partial charge in [-0.15, -0.1) is 0 Å². The van der Waals surface area contributed by atoms with E-state index in [-0.39, 0.29) is 11.8 Å². The maximum absolute atomic E-state index is 13.0. The summed E-state index contributed by atoms with van der Waals surface area (Å²) in [4.78, 5) is 8.23. The topological polar surface area (TPSA) is 55.0 Å². The average Bonchev–Trinajstić information content (AvgIpc) is 2.34. The minimum atomic E-state index is -4.07. The Bertz CT molecular complexity index is 412. The largest absolute Gasteiger partial charge is 0.384 e. The third-order valence-electron chi connectivity index (χ3n) is 2.46. The van der Waals surface area contributed by atoms with Crippen LogP contribution in [0.4, 0.5) is 29.3 Å². The van der Waals surface area contributed by atoms with Gasteiger partial charge in [0.15, 0.2) is 0 Å². The van der Waals surface area contributed by atoms with Crippen LogP contribution in [0.3, 0.4) is 0 Å². The fourth-order valence-electron chi connectivity index (χ4n) is 1.63. The molecule has 0 saturated carbocycles. The number of aromatic nitrogens is 2. The van der Waals surface area contributed by atoms with E-state index >= 15 is 0 Å². The molecule has 1 aliphatic rings. The number of hydrogen-bond acceptors (Lipinski definition) is 4. The van der Waals surface area contributed by atoms with Crippen LogP contribution in [-0.2, 0) is 0 Å². The fraction of sp³-hybridized carbons (Fsp3) is 0.556. The van der Waals surface area contributed by atoms with Crippen molar-refractivity contribution in [2.24, 2.45) is 0 Å². The summed E-state index contributed by atoms with van der Waals surface area (Å²) in [6.45, 7) is -0.639. The molecule has 0 aromatic carbocycles. The molecule has 17 heavy (non-hydrogen) atoms. The van der Waals surface area contributed by atoms with Crippen molar-refractivity contribution in [2.45, 2.75) is 18.8 Å². The Morgan fingerprint density at radius 3 is 2.18 bits per heavy atom. The molecule has 0 spiro atoms. The predicted molar refractivity (Wildman–Crippen MR) is 53.3 cm³/mol. The Kier molecular flexibility index (Phi) is 2.41. The number of nitrogens with two attached hydrogens (primary N) is 1. The van der Waals surface area contributed by atoms with Gasteiger partial charge in [0.05, 0.1) is 13.1 Å². The van der Waals surface area contributed by atoms with Gasteiger partial charge in [-0.2, -0.15) is 22.5 Å². The van der Waals surface area contributed by atoms with Gasteiger partial charge in [0.2, 0.25) is 5.95 Å². The molecular weight excluding hydrogens is 240 g/mol. The molecule has 4 nitrogen and oxygen atoms in total. The molecule has 1 aliphatic heterocycles. The molecule has 2 heterocycles. The van der Waals surface area contributed by atoms with E-state index in [9.17, 15) is 17.6 Å². The Labute approximate surface area is 94.5 Å². The molecule has 0 bridgehead atoms. The van der Waals surface area contributed by atoms with E-state index in [4.69, 9.17) is 5.73 Å². The zero-order valence-corrected chi connectivity index (χ0v) is 8.92. The van der Waals surface area contributed by atoms with Gasteiger partial charge < -0.3 is 10.6 Å². The highest BCUT2D eigenvalue weighted by Crippen LogP contribution is 2.41. The maximum Gasteiger partial charge on any atom is 0.329 e. The van der Waals surface area contributed by atoms with Gasteiger partial charge >= 0.3 is 11.8 Å². The molecule has 0 atom stereocenters. The third kappa shape index (κ3) is 1.98. The number of anilines is 2. The van der Waals surface area contributed by atoms with E-state index in [2.05, 4.69) is 9.97 Å². The molecule has 0 aliphatic carbocycles. The molecule has 8 heteroatoms. The molecule has 94 valence electrons. The summed E-state index contributed by atoms with van der Waals surface area (Å²) in [7, 11) is 0. The second-order valence-electron chi connectivity index (χ2n) is 4.00. The van der Waals surface area contributed by atoms with Crippen molar-refractivity contribution in [3.63, 3.8) is 0 Å². The van der Waals surface area contributed by atoms with Crippen molar-refractivity contribution in [3.05, 3.63) is 11.8 Å². The molecule has 1 saturated heterocycles. The SMILES string of the molecule is Cc1cc(N)nc(N2CC(F)(F)C(F)(F)C2)n1. The van der Waals surface area contributed by atoms with Gasteiger partial charge in [0, 0.05) is 11.8 Å². The minimum absolute atomic E-state index is 0.0611. The lowest BCUT2D eigenvalue weighted by molar-refractivity contribution is -0.172. The van der Waals surface area contributed by atoms with Gasteiger partial charge in [-0.25, -0.2) is 4.98 Å². The lowest BCUT2D eigenvalue weighted by atomic mass is 10.2. The van der Waals surface area contributed by atoms with E-state index in [0.29, 0.717) is 5.69 Å². The summed E-state index contributed by atoms with van der Waals surface area (Å²) < 4.78 is 51.9.